The van der Waals surface area contributed by atoms with Gasteiger partial charge in [-0.3, -0.25) is 4.79 Å². The summed E-state index contributed by atoms with van der Waals surface area (Å²) >= 11 is 0. The Balaban J connectivity index is 0.000000479. The lowest BCUT2D eigenvalue weighted by molar-refractivity contribution is -0.192. The second kappa shape index (κ2) is 13.1. The van der Waals surface area contributed by atoms with Crippen LogP contribution in [0.4, 0.5) is 19.0 Å². The first-order chi connectivity index (χ1) is 17.6. The molecule has 37 heavy (non-hydrogen) atoms. The maximum atomic E-state index is 11.3. The first-order valence-electron chi connectivity index (χ1n) is 12.3. The number of aliphatic carboxylic acids is 2. The van der Waals surface area contributed by atoms with Crippen molar-refractivity contribution >= 4 is 17.8 Å². The van der Waals surface area contributed by atoms with Crippen molar-refractivity contribution in [1.82, 2.24) is 4.98 Å². The van der Waals surface area contributed by atoms with E-state index in [1.807, 2.05) is 18.2 Å². The number of carboxylic acids is 2. The van der Waals surface area contributed by atoms with Crippen LogP contribution in [0.1, 0.15) is 60.4 Å². The number of fused-ring (bicyclic) bond motifs is 2. The fourth-order valence-corrected chi connectivity index (χ4v) is 4.24. The highest BCUT2D eigenvalue weighted by Gasteiger charge is 2.38. The van der Waals surface area contributed by atoms with Crippen molar-refractivity contribution in [1.29, 1.82) is 0 Å². The molecular formula is C27H31F3N2O5. The number of hydrogen-bond donors (Lipinski definition) is 3. The van der Waals surface area contributed by atoms with Crippen molar-refractivity contribution in [3.05, 3.63) is 64.9 Å². The molecule has 0 saturated carbocycles. The second-order valence-electron chi connectivity index (χ2n) is 8.99. The number of hydrogen-bond acceptors (Lipinski definition) is 5. The summed E-state index contributed by atoms with van der Waals surface area (Å²) in [6.07, 6.45) is 6.49. The van der Waals surface area contributed by atoms with Crippen LogP contribution in [0, 0.1) is 0 Å². The van der Waals surface area contributed by atoms with Crippen LogP contribution in [0.3, 0.4) is 0 Å². The third-order valence-corrected chi connectivity index (χ3v) is 6.16. The molecule has 2 aliphatic heterocycles. The number of ether oxygens (including phenoxy) is 1. The summed E-state index contributed by atoms with van der Waals surface area (Å²) in [5.74, 6) is -1.69. The molecular weight excluding hydrogens is 489 g/mol. The van der Waals surface area contributed by atoms with Crippen molar-refractivity contribution in [2.45, 2.75) is 63.5 Å². The van der Waals surface area contributed by atoms with Crippen LogP contribution in [0.2, 0.25) is 0 Å². The molecule has 3 N–H and O–H groups in total. The van der Waals surface area contributed by atoms with Crippen LogP contribution in [-0.4, -0.2) is 46.5 Å². The average molecular weight is 521 g/mol. The van der Waals surface area contributed by atoms with Crippen LogP contribution < -0.4 is 10.1 Å². The zero-order valence-corrected chi connectivity index (χ0v) is 20.4. The molecule has 0 radical (unpaired) electrons. The number of benzene rings is 1. The highest BCUT2D eigenvalue weighted by Crippen LogP contribution is 2.31. The monoisotopic (exact) mass is 520 g/mol. The largest absolute Gasteiger partial charge is 0.493 e. The summed E-state index contributed by atoms with van der Waals surface area (Å²) in [5.41, 5.74) is 4.70. The van der Waals surface area contributed by atoms with Gasteiger partial charge in [-0.25, -0.2) is 9.78 Å². The van der Waals surface area contributed by atoms with Gasteiger partial charge in [0.15, 0.2) is 0 Å². The van der Waals surface area contributed by atoms with Crippen molar-refractivity contribution in [3.8, 4) is 5.75 Å². The van der Waals surface area contributed by atoms with Gasteiger partial charge in [-0.05, 0) is 67.3 Å². The number of carbonyl (C=O) groups is 2. The number of rotatable bonds is 9. The molecule has 0 aliphatic carbocycles. The highest BCUT2D eigenvalue weighted by atomic mass is 19.4. The quantitative estimate of drug-likeness (QED) is 0.294. The van der Waals surface area contributed by atoms with Gasteiger partial charge in [0.2, 0.25) is 0 Å². The number of nitrogens with one attached hydrogen (secondary N) is 1. The molecule has 1 aromatic heterocycles. The minimum atomic E-state index is -5.08. The molecule has 0 amide bonds. The topological polar surface area (TPSA) is 109 Å². The SMILES string of the molecule is O=C(O)C(F)(F)F.O=C(O)CC(C=CCCCCc1ccc2c(n1)NCCC2)c1ccc2c(c1)OCC2. The number of carboxylic acid groups (broad SMARTS) is 2. The summed E-state index contributed by atoms with van der Waals surface area (Å²) in [6, 6.07) is 10.5. The summed E-state index contributed by atoms with van der Waals surface area (Å²) in [7, 11) is 0. The van der Waals surface area contributed by atoms with Gasteiger partial charge in [0.25, 0.3) is 0 Å². The number of aryl methyl sites for hydroxylation is 2. The average Bonchev–Trinajstić information content (AvgIpc) is 3.33. The minimum absolute atomic E-state index is 0.0985. The zero-order valence-electron chi connectivity index (χ0n) is 20.4. The Morgan fingerprint density at radius 1 is 1.11 bits per heavy atom. The van der Waals surface area contributed by atoms with Crippen molar-refractivity contribution < 1.29 is 37.7 Å². The first kappa shape index (κ1) is 28.0. The molecule has 1 aromatic carbocycles. The predicted molar refractivity (Wildman–Crippen MR) is 132 cm³/mol. The highest BCUT2D eigenvalue weighted by molar-refractivity contribution is 5.73. The van der Waals surface area contributed by atoms with E-state index >= 15 is 0 Å². The lowest BCUT2D eigenvalue weighted by Gasteiger charge is -2.17. The normalized spacial score (nSPS) is 15.0. The fourth-order valence-electron chi connectivity index (χ4n) is 4.24. The summed E-state index contributed by atoms with van der Waals surface area (Å²) in [6.45, 7) is 1.73. The number of anilines is 1. The Labute approximate surface area is 213 Å². The third kappa shape index (κ3) is 8.80. The van der Waals surface area contributed by atoms with Crippen LogP contribution in [-0.2, 0) is 28.9 Å². The van der Waals surface area contributed by atoms with Crippen molar-refractivity contribution in [2.24, 2.45) is 0 Å². The van der Waals surface area contributed by atoms with Crippen molar-refractivity contribution in [3.63, 3.8) is 0 Å². The molecule has 1 atom stereocenters. The smallest absolute Gasteiger partial charge is 0.490 e. The summed E-state index contributed by atoms with van der Waals surface area (Å²) < 4.78 is 37.4. The molecule has 4 rings (SSSR count). The van der Waals surface area contributed by atoms with Crippen LogP contribution >= 0.6 is 0 Å². The van der Waals surface area contributed by atoms with Gasteiger partial charge in [-0.1, -0.05) is 30.4 Å². The number of allylic oxidation sites excluding steroid dienone is 2. The Morgan fingerprint density at radius 2 is 1.86 bits per heavy atom. The lowest BCUT2D eigenvalue weighted by Crippen LogP contribution is -2.21. The van der Waals surface area contributed by atoms with E-state index < -0.39 is 18.1 Å². The van der Waals surface area contributed by atoms with E-state index in [-0.39, 0.29) is 12.3 Å². The van der Waals surface area contributed by atoms with Gasteiger partial charge in [-0.15, -0.1) is 0 Å². The van der Waals surface area contributed by atoms with E-state index in [0.717, 1.165) is 67.9 Å². The number of aromatic nitrogens is 1. The van der Waals surface area contributed by atoms with Gasteiger partial charge in [0, 0.05) is 24.6 Å². The Bertz CT molecular complexity index is 1120. The molecule has 7 nitrogen and oxygen atoms in total. The van der Waals surface area contributed by atoms with Gasteiger partial charge >= 0.3 is 18.1 Å². The second-order valence-corrected chi connectivity index (χ2v) is 8.99. The zero-order chi connectivity index (χ0) is 26.8. The number of pyridine rings is 1. The van der Waals surface area contributed by atoms with E-state index in [1.165, 1.54) is 17.5 Å². The van der Waals surface area contributed by atoms with Gasteiger partial charge < -0.3 is 20.3 Å². The summed E-state index contributed by atoms with van der Waals surface area (Å²) in [4.78, 5) is 25.0. The first-order valence-corrected chi connectivity index (χ1v) is 12.3. The van der Waals surface area contributed by atoms with E-state index in [1.54, 1.807) is 0 Å². The van der Waals surface area contributed by atoms with Crippen LogP contribution in [0.5, 0.6) is 5.75 Å². The van der Waals surface area contributed by atoms with E-state index in [0.29, 0.717) is 6.61 Å². The molecule has 200 valence electrons. The summed E-state index contributed by atoms with van der Waals surface area (Å²) in [5, 5.41) is 19.8. The maximum absolute atomic E-state index is 11.3. The molecule has 10 heteroatoms. The van der Waals surface area contributed by atoms with Gasteiger partial charge in [-0.2, -0.15) is 13.2 Å². The van der Waals surface area contributed by atoms with E-state index in [4.69, 9.17) is 19.6 Å². The van der Waals surface area contributed by atoms with Gasteiger partial charge in [0.1, 0.15) is 11.6 Å². The van der Waals surface area contributed by atoms with Crippen molar-refractivity contribution in [2.75, 3.05) is 18.5 Å². The standard InChI is InChI=1S/C25H30N2O3.C2HF3O2/c28-24(29)17-20(21-10-9-18-13-15-30-23(18)16-21)6-3-1-2-4-8-22-12-11-19-7-5-14-26-25(19)27-22;3-2(4,5)1(6)7/h3,6,9-12,16,20H,1-2,4-5,7-8,13-15,17H2,(H,26,27)(H,28,29);(H,6,7). The molecule has 0 bridgehead atoms. The molecule has 3 heterocycles. The number of nitrogens with zero attached hydrogens (tertiary/aromatic N) is 1. The van der Waals surface area contributed by atoms with Gasteiger partial charge in [0.05, 0.1) is 13.0 Å². The fraction of sp³-hybridized carbons (Fsp3) is 0.444. The Morgan fingerprint density at radius 3 is 2.59 bits per heavy atom. The van der Waals surface area contributed by atoms with Crippen LogP contribution in [0.25, 0.3) is 0 Å². The minimum Gasteiger partial charge on any atom is -0.493 e. The Hall–Kier alpha value is -3.56. The Kier molecular flexibility index (Phi) is 9.93. The lowest BCUT2D eigenvalue weighted by atomic mass is 9.93. The molecule has 0 spiro atoms. The number of alkyl halides is 3. The molecule has 0 fully saturated rings. The maximum Gasteiger partial charge on any atom is 0.490 e. The predicted octanol–water partition coefficient (Wildman–Crippen LogP) is 5.54. The van der Waals surface area contributed by atoms with E-state index in [2.05, 4.69) is 29.6 Å². The molecule has 2 aromatic rings. The third-order valence-electron chi connectivity index (χ3n) is 6.16. The molecule has 2 aliphatic rings. The van der Waals surface area contributed by atoms with Crippen LogP contribution in [0.15, 0.2) is 42.5 Å². The number of unbranched alkanes of at least 4 members (excludes halogenated alkanes) is 2. The molecule has 0 saturated heterocycles. The number of halogens is 3. The van der Waals surface area contributed by atoms with E-state index in [9.17, 15) is 23.1 Å². The molecule has 1 unspecified atom stereocenters.